The van der Waals surface area contributed by atoms with E-state index in [4.69, 9.17) is 0 Å². The van der Waals surface area contributed by atoms with E-state index in [0.29, 0.717) is 31.3 Å². The number of piperidine rings is 2. The number of carboxylic acid groups (broad SMARTS) is 1. The molecule has 4 rings (SSSR count). The van der Waals surface area contributed by atoms with Crippen molar-refractivity contribution < 1.29 is 14.7 Å². The lowest BCUT2D eigenvalue weighted by molar-refractivity contribution is -0.140. The number of carboxylic acids is 1. The Labute approximate surface area is 196 Å². The van der Waals surface area contributed by atoms with Gasteiger partial charge in [0.1, 0.15) is 0 Å². The molecule has 1 N–H and O–H groups in total. The zero-order valence-corrected chi connectivity index (χ0v) is 20.3. The molecule has 2 fully saturated rings. The van der Waals surface area contributed by atoms with E-state index < -0.39 is 5.97 Å². The maximum absolute atomic E-state index is 12.8. The molecule has 2 saturated heterocycles. The Morgan fingerprint density at radius 1 is 1.09 bits per heavy atom. The highest BCUT2D eigenvalue weighted by Crippen LogP contribution is 2.36. The summed E-state index contributed by atoms with van der Waals surface area (Å²) in [6, 6.07) is 5.62. The molecule has 0 spiro atoms. The SMILES string of the molecule is CC(C)(C)CC(=O)N1CC[C@@H](CC(=O)O)[C@@H](CCN2C[C@H]3C[C@H](C2)c2cccc(=O)n2C3)C1. The summed E-state index contributed by atoms with van der Waals surface area (Å²) in [4.78, 5) is 41.1. The number of carbonyl (C=O) groups excluding carboxylic acids is 1. The number of aliphatic carboxylic acids is 1. The van der Waals surface area contributed by atoms with Crippen molar-refractivity contribution in [2.24, 2.45) is 23.2 Å². The van der Waals surface area contributed by atoms with Crippen molar-refractivity contribution in [2.75, 3.05) is 32.7 Å². The van der Waals surface area contributed by atoms with Crippen LogP contribution in [0.15, 0.2) is 23.0 Å². The topological polar surface area (TPSA) is 82.8 Å². The van der Waals surface area contributed by atoms with Crippen LogP contribution in [0.1, 0.15) is 64.5 Å². The van der Waals surface area contributed by atoms with Gasteiger partial charge in [-0.15, -0.1) is 0 Å². The van der Waals surface area contributed by atoms with E-state index >= 15 is 0 Å². The predicted molar refractivity (Wildman–Crippen MR) is 127 cm³/mol. The summed E-state index contributed by atoms with van der Waals surface area (Å²) < 4.78 is 1.96. The van der Waals surface area contributed by atoms with Gasteiger partial charge in [0.15, 0.2) is 0 Å². The number of carbonyl (C=O) groups is 2. The summed E-state index contributed by atoms with van der Waals surface area (Å²) in [6.45, 7) is 11.2. The molecule has 3 aliphatic rings. The summed E-state index contributed by atoms with van der Waals surface area (Å²) in [5, 5.41) is 9.43. The molecule has 182 valence electrons. The van der Waals surface area contributed by atoms with E-state index in [1.165, 1.54) is 0 Å². The summed E-state index contributed by atoms with van der Waals surface area (Å²) in [5.41, 5.74) is 1.21. The highest BCUT2D eigenvalue weighted by atomic mass is 16.4. The number of hydrogen-bond acceptors (Lipinski definition) is 4. The number of rotatable bonds is 6. The maximum atomic E-state index is 12.8. The molecule has 7 nitrogen and oxygen atoms in total. The summed E-state index contributed by atoms with van der Waals surface area (Å²) in [6.07, 6.45) is 3.54. The lowest BCUT2D eigenvalue weighted by Crippen LogP contribution is -2.49. The van der Waals surface area contributed by atoms with Crippen molar-refractivity contribution in [3.8, 4) is 0 Å². The van der Waals surface area contributed by atoms with Gasteiger partial charge < -0.3 is 19.5 Å². The van der Waals surface area contributed by atoms with E-state index in [1.54, 1.807) is 6.07 Å². The van der Waals surface area contributed by atoms with Gasteiger partial charge in [0.2, 0.25) is 5.91 Å². The van der Waals surface area contributed by atoms with E-state index in [-0.39, 0.29) is 35.1 Å². The smallest absolute Gasteiger partial charge is 0.303 e. The minimum Gasteiger partial charge on any atom is -0.481 e. The normalized spacial score (nSPS) is 27.8. The van der Waals surface area contributed by atoms with E-state index in [1.807, 2.05) is 15.5 Å². The average molecular weight is 458 g/mol. The summed E-state index contributed by atoms with van der Waals surface area (Å²) in [5.74, 6) is 0.671. The van der Waals surface area contributed by atoms with Crippen molar-refractivity contribution in [3.05, 3.63) is 34.2 Å². The van der Waals surface area contributed by atoms with Crippen LogP contribution in [0.5, 0.6) is 0 Å². The molecule has 4 atom stereocenters. The quantitative estimate of drug-likeness (QED) is 0.710. The van der Waals surface area contributed by atoms with E-state index in [2.05, 4.69) is 31.7 Å². The standard InChI is InChI=1S/C26H39N3O4/c1-26(2,3)13-24(31)28-10-8-19(12-25(32)33)20(17-28)7-9-27-14-18-11-21(16-27)22-5-4-6-23(30)29(22)15-18/h4-6,18-21H,7-17H2,1-3H3,(H,32,33)/t18-,19+,20+,21-/m1/s1. The highest BCUT2D eigenvalue weighted by Gasteiger charge is 2.37. The predicted octanol–water partition coefficient (Wildman–Crippen LogP) is 3.03. The van der Waals surface area contributed by atoms with Crippen molar-refractivity contribution >= 4 is 11.9 Å². The van der Waals surface area contributed by atoms with Crippen molar-refractivity contribution in [3.63, 3.8) is 0 Å². The fraction of sp³-hybridized carbons (Fsp3) is 0.731. The molecule has 1 aromatic heterocycles. The minimum atomic E-state index is -0.742. The third kappa shape index (κ3) is 5.86. The van der Waals surface area contributed by atoms with Crippen molar-refractivity contribution in [1.29, 1.82) is 0 Å². The number of likely N-dealkylation sites (tertiary alicyclic amines) is 2. The molecule has 0 radical (unpaired) electrons. The Kier molecular flexibility index (Phi) is 6.99. The van der Waals surface area contributed by atoms with Crippen LogP contribution >= 0.6 is 0 Å². The molecular formula is C26H39N3O4. The number of pyridine rings is 1. The van der Waals surface area contributed by atoms with Gasteiger partial charge in [0.25, 0.3) is 5.56 Å². The van der Waals surface area contributed by atoms with Crippen LogP contribution in [0.4, 0.5) is 0 Å². The van der Waals surface area contributed by atoms with E-state index in [9.17, 15) is 19.5 Å². The van der Waals surface area contributed by atoms with Gasteiger partial charge in [-0.05, 0) is 55.0 Å². The van der Waals surface area contributed by atoms with Crippen LogP contribution in [0, 0.1) is 23.2 Å². The van der Waals surface area contributed by atoms with Gasteiger partial charge in [0.05, 0.1) is 0 Å². The fourth-order valence-corrected chi connectivity index (χ4v) is 6.22. The number of aromatic nitrogens is 1. The van der Waals surface area contributed by atoms with Gasteiger partial charge in [-0.25, -0.2) is 0 Å². The lowest BCUT2D eigenvalue weighted by Gasteiger charge is -2.44. The van der Waals surface area contributed by atoms with Crippen LogP contribution < -0.4 is 5.56 Å². The fourth-order valence-electron chi connectivity index (χ4n) is 6.22. The Balaban J connectivity index is 1.40. The number of amides is 1. The molecule has 1 amide bonds. The van der Waals surface area contributed by atoms with Crippen LogP contribution in [0.3, 0.4) is 0 Å². The first-order chi connectivity index (χ1) is 15.6. The van der Waals surface area contributed by atoms with Gasteiger partial charge in [-0.1, -0.05) is 26.8 Å². The molecule has 1 aromatic rings. The first-order valence-corrected chi connectivity index (χ1v) is 12.5. The largest absolute Gasteiger partial charge is 0.481 e. The van der Waals surface area contributed by atoms with Gasteiger partial charge in [-0.3, -0.25) is 14.4 Å². The molecule has 0 unspecified atom stereocenters. The second-order valence-electron chi connectivity index (χ2n) is 11.7. The third-order valence-corrected chi connectivity index (χ3v) is 7.73. The van der Waals surface area contributed by atoms with Crippen molar-refractivity contribution in [1.82, 2.24) is 14.4 Å². The van der Waals surface area contributed by atoms with Crippen LogP contribution in [0.25, 0.3) is 0 Å². The molecule has 0 aliphatic carbocycles. The minimum absolute atomic E-state index is 0.0473. The van der Waals surface area contributed by atoms with Crippen LogP contribution in [0.2, 0.25) is 0 Å². The molecule has 0 aromatic carbocycles. The Bertz CT molecular complexity index is 934. The molecule has 7 heteroatoms. The third-order valence-electron chi connectivity index (χ3n) is 7.73. The number of hydrogen-bond donors (Lipinski definition) is 1. The first-order valence-electron chi connectivity index (χ1n) is 12.5. The molecule has 3 aliphatic heterocycles. The first kappa shape index (κ1) is 24.0. The molecule has 2 bridgehead atoms. The van der Waals surface area contributed by atoms with Crippen LogP contribution in [-0.4, -0.2) is 64.1 Å². The van der Waals surface area contributed by atoms with Crippen molar-refractivity contribution in [2.45, 2.75) is 65.3 Å². The zero-order chi connectivity index (χ0) is 23.8. The Hall–Kier alpha value is -2.15. The summed E-state index contributed by atoms with van der Waals surface area (Å²) in [7, 11) is 0. The lowest BCUT2D eigenvalue weighted by atomic mass is 9.79. The molecule has 33 heavy (non-hydrogen) atoms. The summed E-state index contributed by atoms with van der Waals surface area (Å²) >= 11 is 0. The Morgan fingerprint density at radius 3 is 2.61 bits per heavy atom. The van der Waals surface area contributed by atoms with Gasteiger partial charge in [0, 0.05) is 63.2 Å². The van der Waals surface area contributed by atoms with Crippen LogP contribution in [-0.2, 0) is 16.1 Å². The number of nitrogens with zero attached hydrogens (tertiary/aromatic N) is 3. The maximum Gasteiger partial charge on any atom is 0.303 e. The Morgan fingerprint density at radius 2 is 1.88 bits per heavy atom. The second-order valence-corrected chi connectivity index (χ2v) is 11.7. The van der Waals surface area contributed by atoms with E-state index in [0.717, 1.165) is 51.1 Å². The molecule has 4 heterocycles. The van der Waals surface area contributed by atoms with Gasteiger partial charge >= 0.3 is 5.97 Å². The zero-order valence-electron chi connectivity index (χ0n) is 20.3. The second kappa shape index (κ2) is 9.61. The molecule has 0 saturated carbocycles. The average Bonchev–Trinajstić information content (AvgIpc) is 2.72. The highest BCUT2D eigenvalue weighted by molar-refractivity contribution is 5.77. The number of fused-ring (bicyclic) bond motifs is 4. The monoisotopic (exact) mass is 457 g/mol. The van der Waals surface area contributed by atoms with Gasteiger partial charge in [-0.2, -0.15) is 0 Å². The molecular weight excluding hydrogens is 418 g/mol.